The Morgan fingerprint density at radius 3 is 2.53 bits per heavy atom. The van der Waals surface area contributed by atoms with Gasteiger partial charge in [0, 0.05) is 36.3 Å². The summed E-state index contributed by atoms with van der Waals surface area (Å²) in [5.41, 5.74) is 4.11. The highest BCUT2D eigenvalue weighted by Gasteiger charge is 2.28. The van der Waals surface area contributed by atoms with Crippen molar-refractivity contribution in [3.63, 3.8) is 0 Å². The fourth-order valence-corrected chi connectivity index (χ4v) is 3.76. The van der Waals surface area contributed by atoms with E-state index in [1.54, 1.807) is 35.5 Å². The van der Waals surface area contributed by atoms with Crippen LogP contribution < -0.4 is 15.5 Å². The van der Waals surface area contributed by atoms with Crippen molar-refractivity contribution in [1.29, 1.82) is 10.8 Å². The molecule has 4 N–H and O–H groups in total. The van der Waals surface area contributed by atoms with Crippen molar-refractivity contribution in [2.24, 2.45) is 0 Å². The molecule has 1 aliphatic rings. The maximum absolute atomic E-state index is 12.3. The predicted octanol–water partition coefficient (Wildman–Crippen LogP) is 4.32. The average molecular weight is 448 g/mol. The topological polar surface area (TPSA) is 118 Å². The van der Waals surface area contributed by atoms with Gasteiger partial charge < -0.3 is 10.6 Å². The van der Waals surface area contributed by atoms with Crippen LogP contribution in [-0.4, -0.2) is 27.5 Å². The molecular weight excluding hydrogens is 426 g/mol. The molecule has 0 saturated carbocycles. The second-order valence-electron chi connectivity index (χ2n) is 7.70. The first-order valence-electron chi connectivity index (χ1n) is 10.7. The Morgan fingerprint density at radius 2 is 1.74 bits per heavy atom. The monoisotopic (exact) mass is 447 g/mol. The molecule has 4 aromatic rings. The zero-order valence-electron chi connectivity index (χ0n) is 18.1. The molecule has 0 fully saturated rings. The average Bonchev–Trinajstić information content (AvgIpc) is 3.01. The van der Waals surface area contributed by atoms with E-state index in [9.17, 15) is 4.79 Å². The van der Waals surface area contributed by atoms with E-state index in [0.717, 1.165) is 11.3 Å². The minimum absolute atomic E-state index is 0.156. The summed E-state index contributed by atoms with van der Waals surface area (Å²) >= 11 is 0. The van der Waals surface area contributed by atoms with Gasteiger partial charge in [0.2, 0.25) is 0 Å². The molecule has 0 unspecified atom stereocenters. The highest BCUT2D eigenvalue weighted by atomic mass is 16.1. The first-order chi connectivity index (χ1) is 16.6. The SMILES string of the molecule is N=C(c1ccc(CNC(=O)c2cccnc2)cc1)N1C(=N)c2ccccc2Nc2ncccc21. The van der Waals surface area contributed by atoms with Gasteiger partial charge in [0.05, 0.1) is 16.9 Å². The van der Waals surface area contributed by atoms with Crippen LogP contribution in [0.5, 0.6) is 0 Å². The quantitative estimate of drug-likeness (QED) is 0.274. The van der Waals surface area contributed by atoms with Crippen LogP contribution in [0.4, 0.5) is 17.2 Å². The molecule has 2 aromatic heterocycles. The van der Waals surface area contributed by atoms with Gasteiger partial charge in [0.25, 0.3) is 5.91 Å². The lowest BCUT2D eigenvalue weighted by molar-refractivity contribution is 0.0950. The van der Waals surface area contributed by atoms with Gasteiger partial charge in [0.1, 0.15) is 11.7 Å². The number of nitrogens with one attached hydrogen (secondary N) is 4. The molecule has 0 bridgehead atoms. The first-order valence-corrected chi connectivity index (χ1v) is 10.7. The largest absolute Gasteiger partial charge is 0.348 e. The molecule has 3 heterocycles. The van der Waals surface area contributed by atoms with Crippen LogP contribution in [-0.2, 0) is 6.54 Å². The summed E-state index contributed by atoms with van der Waals surface area (Å²) in [4.78, 5) is 22.2. The van der Waals surface area contributed by atoms with E-state index in [4.69, 9.17) is 10.8 Å². The molecule has 166 valence electrons. The van der Waals surface area contributed by atoms with Gasteiger partial charge in [-0.2, -0.15) is 0 Å². The maximum atomic E-state index is 12.3. The number of para-hydroxylation sites is 1. The number of amides is 1. The number of nitrogens with zero attached hydrogens (tertiary/aromatic N) is 3. The van der Waals surface area contributed by atoms with Crippen LogP contribution in [0.2, 0.25) is 0 Å². The molecule has 0 radical (unpaired) electrons. The number of pyridine rings is 2. The fraction of sp³-hybridized carbons (Fsp3) is 0.0385. The summed E-state index contributed by atoms with van der Waals surface area (Å²) in [5, 5.41) is 24.0. The Bertz CT molecular complexity index is 1380. The molecule has 0 saturated heterocycles. The maximum Gasteiger partial charge on any atom is 0.253 e. The van der Waals surface area contributed by atoms with Crippen molar-refractivity contribution in [2.75, 3.05) is 10.2 Å². The number of benzene rings is 2. The van der Waals surface area contributed by atoms with Gasteiger partial charge in [-0.15, -0.1) is 0 Å². The lowest BCUT2D eigenvalue weighted by Gasteiger charge is -2.25. The van der Waals surface area contributed by atoms with Crippen LogP contribution in [0.15, 0.2) is 91.4 Å². The third-order valence-corrected chi connectivity index (χ3v) is 5.51. The van der Waals surface area contributed by atoms with E-state index in [-0.39, 0.29) is 17.6 Å². The standard InChI is InChI=1S/C26H21N7O/c27-23(18-11-9-17(10-12-18)15-31-26(34)19-5-3-13-29-16-19)33-22-8-4-14-30-25(22)32-21-7-2-1-6-20(21)24(33)28/h1-14,16,27-28H,15H2,(H,30,32)(H,31,34). The first kappa shape index (κ1) is 21.0. The van der Waals surface area contributed by atoms with Gasteiger partial charge in [-0.1, -0.05) is 36.4 Å². The third kappa shape index (κ3) is 4.00. The molecular formula is C26H21N7O. The number of hydrogen-bond acceptors (Lipinski definition) is 6. The summed E-state index contributed by atoms with van der Waals surface area (Å²) in [7, 11) is 0. The van der Waals surface area contributed by atoms with Gasteiger partial charge >= 0.3 is 0 Å². The summed E-state index contributed by atoms with van der Waals surface area (Å²) in [6.45, 7) is 0.352. The van der Waals surface area contributed by atoms with Crippen molar-refractivity contribution >= 4 is 34.8 Å². The van der Waals surface area contributed by atoms with Gasteiger partial charge in [0.15, 0.2) is 5.82 Å². The Balaban J connectivity index is 1.38. The highest BCUT2D eigenvalue weighted by Crippen LogP contribution is 2.34. The van der Waals surface area contributed by atoms with Crippen LogP contribution in [0.25, 0.3) is 0 Å². The number of hydrogen-bond donors (Lipinski definition) is 4. The Morgan fingerprint density at radius 1 is 0.941 bits per heavy atom. The number of rotatable bonds is 4. The highest BCUT2D eigenvalue weighted by molar-refractivity contribution is 6.30. The molecule has 1 amide bonds. The lowest BCUT2D eigenvalue weighted by atomic mass is 10.1. The van der Waals surface area contributed by atoms with E-state index in [1.165, 1.54) is 6.20 Å². The fourth-order valence-electron chi connectivity index (χ4n) is 3.76. The number of anilines is 3. The predicted molar refractivity (Wildman–Crippen MR) is 132 cm³/mol. The van der Waals surface area contributed by atoms with Crippen LogP contribution in [0, 0.1) is 10.8 Å². The summed E-state index contributed by atoms with van der Waals surface area (Å²) < 4.78 is 0. The second kappa shape index (κ2) is 8.95. The van der Waals surface area contributed by atoms with Crippen molar-refractivity contribution in [3.8, 4) is 0 Å². The van der Waals surface area contributed by atoms with E-state index in [0.29, 0.717) is 34.7 Å². The van der Waals surface area contributed by atoms with Crippen LogP contribution in [0.1, 0.15) is 27.0 Å². The van der Waals surface area contributed by atoms with E-state index >= 15 is 0 Å². The van der Waals surface area contributed by atoms with Crippen molar-refractivity contribution in [1.82, 2.24) is 15.3 Å². The van der Waals surface area contributed by atoms with E-state index in [2.05, 4.69) is 20.6 Å². The lowest BCUT2D eigenvalue weighted by Crippen LogP contribution is -2.36. The van der Waals surface area contributed by atoms with Crippen LogP contribution >= 0.6 is 0 Å². The van der Waals surface area contributed by atoms with Crippen molar-refractivity contribution in [3.05, 3.63) is 114 Å². The van der Waals surface area contributed by atoms with Gasteiger partial charge in [-0.3, -0.25) is 25.5 Å². The minimum Gasteiger partial charge on any atom is -0.348 e. The normalized spacial score (nSPS) is 12.1. The van der Waals surface area contributed by atoms with E-state index in [1.807, 2.05) is 54.6 Å². The minimum atomic E-state index is -0.196. The number of amidine groups is 2. The Hall–Kier alpha value is -4.85. The summed E-state index contributed by atoms with van der Waals surface area (Å²) in [5.74, 6) is 0.728. The summed E-state index contributed by atoms with van der Waals surface area (Å²) in [6, 6.07) is 21.9. The number of carbonyl (C=O) groups is 1. The zero-order valence-corrected chi connectivity index (χ0v) is 18.1. The molecule has 8 heteroatoms. The molecule has 5 rings (SSSR count). The number of carbonyl (C=O) groups excluding carboxylic acids is 1. The van der Waals surface area contributed by atoms with Crippen molar-refractivity contribution < 1.29 is 4.79 Å². The molecule has 8 nitrogen and oxygen atoms in total. The molecule has 34 heavy (non-hydrogen) atoms. The van der Waals surface area contributed by atoms with Crippen molar-refractivity contribution in [2.45, 2.75) is 6.54 Å². The van der Waals surface area contributed by atoms with E-state index < -0.39 is 0 Å². The Kier molecular flexibility index (Phi) is 5.53. The smallest absolute Gasteiger partial charge is 0.253 e. The second-order valence-corrected chi connectivity index (χ2v) is 7.70. The molecule has 2 aromatic carbocycles. The molecule has 0 aliphatic carbocycles. The van der Waals surface area contributed by atoms with Gasteiger partial charge in [-0.25, -0.2) is 4.98 Å². The Labute approximate surface area is 196 Å². The molecule has 0 atom stereocenters. The number of fused-ring (bicyclic) bond motifs is 2. The molecule has 1 aliphatic heterocycles. The van der Waals surface area contributed by atoms with Crippen LogP contribution in [0.3, 0.4) is 0 Å². The van der Waals surface area contributed by atoms with Gasteiger partial charge in [-0.05, 0) is 42.0 Å². The third-order valence-electron chi connectivity index (χ3n) is 5.51. The molecule has 0 spiro atoms. The zero-order chi connectivity index (χ0) is 23.5. The summed E-state index contributed by atoms with van der Waals surface area (Å²) in [6.07, 6.45) is 4.83. The number of aromatic nitrogens is 2.